The summed E-state index contributed by atoms with van der Waals surface area (Å²) in [6.45, 7) is -0.0720. The van der Waals surface area contributed by atoms with Crippen LogP contribution in [-0.2, 0) is 9.59 Å². The zero-order chi connectivity index (χ0) is 9.84. The molecule has 0 spiro atoms. The first-order chi connectivity index (χ1) is 6.16. The van der Waals surface area contributed by atoms with Crippen molar-refractivity contribution < 1.29 is 19.8 Å². The van der Waals surface area contributed by atoms with E-state index in [0.717, 1.165) is 12.8 Å². The second kappa shape index (κ2) is 4.23. The lowest BCUT2D eigenvalue weighted by Crippen LogP contribution is -2.49. The van der Waals surface area contributed by atoms with Crippen LogP contribution in [-0.4, -0.2) is 46.2 Å². The molecule has 2 N–H and O–H groups in total. The van der Waals surface area contributed by atoms with Crippen molar-refractivity contribution in [2.45, 2.75) is 25.3 Å². The van der Waals surface area contributed by atoms with E-state index in [0.29, 0.717) is 13.0 Å². The van der Waals surface area contributed by atoms with Crippen molar-refractivity contribution >= 4 is 11.9 Å². The molecule has 0 bridgehead atoms. The van der Waals surface area contributed by atoms with E-state index in [9.17, 15) is 9.59 Å². The fourth-order valence-electron chi connectivity index (χ4n) is 1.47. The van der Waals surface area contributed by atoms with E-state index in [1.165, 1.54) is 4.90 Å². The molecule has 13 heavy (non-hydrogen) atoms. The van der Waals surface area contributed by atoms with E-state index in [-0.39, 0.29) is 5.91 Å². The molecule has 0 radical (unpaired) electrons. The summed E-state index contributed by atoms with van der Waals surface area (Å²) in [6, 6.07) is -1.06. The Morgan fingerprint density at radius 2 is 2.23 bits per heavy atom. The van der Waals surface area contributed by atoms with Crippen molar-refractivity contribution in [2.75, 3.05) is 13.2 Å². The summed E-state index contributed by atoms with van der Waals surface area (Å²) in [7, 11) is 0. The topological polar surface area (TPSA) is 77.8 Å². The van der Waals surface area contributed by atoms with Crippen LogP contribution < -0.4 is 0 Å². The highest BCUT2D eigenvalue weighted by atomic mass is 16.4. The van der Waals surface area contributed by atoms with E-state index in [1.807, 2.05) is 0 Å². The number of rotatable bonds is 3. The van der Waals surface area contributed by atoms with Crippen LogP contribution in [0.1, 0.15) is 19.3 Å². The Bertz CT molecular complexity index is 216. The van der Waals surface area contributed by atoms with Gasteiger partial charge in [-0.15, -0.1) is 0 Å². The number of carboxylic acids is 1. The second-order valence-electron chi connectivity index (χ2n) is 3.08. The first-order valence-corrected chi connectivity index (χ1v) is 4.30. The number of amides is 1. The van der Waals surface area contributed by atoms with Crippen LogP contribution in [0.15, 0.2) is 0 Å². The predicted octanol–water partition coefficient (Wildman–Crippen LogP) is -0.556. The van der Waals surface area contributed by atoms with Gasteiger partial charge in [0.25, 0.3) is 0 Å². The van der Waals surface area contributed by atoms with Crippen LogP contribution in [0.3, 0.4) is 0 Å². The average molecular weight is 187 g/mol. The molecule has 74 valence electrons. The third-order valence-corrected chi connectivity index (χ3v) is 2.19. The molecular formula is C8H13NO4. The molecule has 1 aliphatic heterocycles. The number of carbonyl (C=O) groups excluding carboxylic acids is 1. The molecule has 1 heterocycles. The summed E-state index contributed by atoms with van der Waals surface area (Å²) in [6.07, 6.45) is 2.02. The number of hydrogen-bond acceptors (Lipinski definition) is 3. The molecule has 5 nitrogen and oxygen atoms in total. The number of aliphatic hydroxyl groups is 1. The second-order valence-corrected chi connectivity index (χ2v) is 3.08. The first kappa shape index (κ1) is 9.98. The molecule has 0 aromatic heterocycles. The van der Waals surface area contributed by atoms with Gasteiger partial charge in [0.15, 0.2) is 6.04 Å². The van der Waals surface area contributed by atoms with Gasteiger partial charge in [-0.1, -0.05) is 0 Å². The maximum atomic E-state index is 11.3. The van der Waals surface area contributed by atoms with Crippen LogP contribution in [0.4, 0.5) is 0 Å². The highest BCUT2D eigenvalue weighted by Crippen LogP contribution is 2.13. The largest absolute Gasteiger partial charge is 0.480 e. The third kappa shape index (κ3) is 2.18. The summed E-state index contributed by atoms with van der Waals surface area (Å²) in [5.41, 5.74) is 0. The van der Waals surface area contributed by atoms with Gasteiger partial charge in [0, 0.05) is 13.0 Å². The van der Waals surface area contributed by atoms with Crippen molar-refractivity contribution in [3.63, 3.8) is 0 Å². The van der Waals surface area contributed by atoms with Gasteiger partial charge in [-0.3, -0.25) is 4.79 Å². The number of likely N-dealkylation sites (tertiary alicyclic amines) is 1. The van der Waals surface area contributed by atoms with Gasteiger partial charge >= 0.3 is 5.97 Å². The summed E-state index contributed by atoms with van der Waals surface area (Å²) in [5.74, 6) is -1.31. The minimum atomic E-state index is -1.14. The highest BCUT2D eigenvalue weighted by molar-refractivity contribution is 5.84. The fraction of sp³-hybridized carbons (Fsp3) is 0.750. The fourth-order valence-corrected chi connectivity index (χ4v) is 1.47. The lowest BCUT2D eigenvalue weighted by atomic mass is 10.1. The summed E-state index contributed by atoms with van der Waals surface area (Å²) in [4.78, 5) is 23.1. The van der Waals surface area contributed by atoms with E-state index in [4.69, 9.17) is 10.2 Å². The van der Waals surface area contributed by atoms with E-state index in [2.05, 4.69) is 0 Å². The minimum Gasteiger partial charge on any atom is -0.480 e. The molecule has 0 aromatic rings. The molecular weight excluding hydrogens is 174 g/mol. The van der Waals surface area contributed by atoms with Crippen molar-refractivity contribution in [2.24, 2.45) is 0 Å². The molecule has 1 amide bonds. The number of piperidine rings is 1. The summed E-state index contributed by atoms with van der Waals surface area (Å²) < 4.78 is 0. The molecule has 0 aromatic carbocycles. The van der Waals surface area contributed by atoms with Crippen LogP contribution in [0.2, 0.25) is 0 Å². The molecule has 0 aliphatic carbocycles. The van der Waals surface area contributed by atoms with Crippen LogP contribution in [0, 0.1) is 0 Å². The van der Waals surface area contributed by atoms with Gasteiger partial charge in [-0.05, 0) is 12.8 Å². The van der Waals surface area contributed by atoms with E-state index >= 15 is 0 Å². The smallest absolute Gasteiger partial charge is 0.328 e. The van der Waals surface area contributed by atoms with Crippen LogP contribution in [0.5, 0.6) is 0 Å². The third-order valence-electron chi connectivity index (χ3n) is 2.19. The average Bonchev–Trinajstić information content (AvgIpc) is 2.09. The van der Waals surface area contributed by atoms with Crippen molar-refractivity contribution in [1.29, 1.82) is 0 Å². The molecule has 1 fully saturated rings. The molecule has 1 atom stereocenters. The molecule has 0 saturated carbocycles. The molecule has 5 heteroatoms. The van der Waals surface area contributed by atoms with Crippen LogP contribution >= 0.6 is 0 Å². The zero-order valence-corrected chi connectivity index (χ0v) is 7.27. The van der Waals surface area contributed by atoms with Gasteiger partial charge in [-0.25, -0.2) is 4.79 Å². The number of nitrogens with zero attached hydrogens (tertiary/aromatic N) is 1. The molecule has 1 unspecified atom stereocenters. The molecule has 1 rings (SSSR count). The Morgan fingerprint density at radius 1 is 1.54 bits per heavy atom. The number of carboxylic acid groups (broad SMARTS) is 1. The quantitative estimate of drug-likeness (QED) is 0.621. The Morgan fingerprint density at radius 3 is 2.69 bits per heavy atom. The lowest BCUT2D eigenvalue weighted by Gasteiger charge is -2.30. The number of hydrogen-bond donors (Lipinski definition) is 2. The minimum absolute atomic E-state index is 0.173. The summed E-state index contributed by atoms with van der Waals surface area (Å²) in [5, 5.41) is 17.5. The van der Waals surface area contributed by atoms with Crippen LogP contribution in [0.25, 0.3) is 0 Å². The van der Waals surface area contributed by atoms with Gasteiger partial charge in [0.1, 0.15) is 0 Å². The summed E-state index contributed by atoms with van der Waals surface area (Å²) >= 11 is 0. The predicted molar refractivity (Wildman–Crippen MR) is 44.1 cm³/mol. The lowest BCUT2D eigenvalue weighted by molar-refractivity contribution is -0.153. The normalized spacial score (nSPS) is 20.1. The molecule has 1 aliphatic rings. The van der Waals surface area contributed by atoms with Gasteiger partial charge in [0.2, 0.25) is 5.91 Å². The Labute approximate surface area is 76.0 Å². The van der Waals surface area contributed by atoms with Gasteiger partial charge < -0.3 is 15.1 Å². The number of carbonyl (C=O) groups is 2. The maximum absolute atomic E-state index is 11.3. The van der Waals surface area contributed by atoms with E-state index < -0.39 is 18.6 Å². The van der Waals surface area contributed by atoms with Gasteiger partial charge in [-0.2, -0.15) is 0 Å². The molecule has 1 saturated heterocycles. The Balaban J connectivity index is 2.65. The van der Waals surface area contributed by atoms with Crippen molar-refractivity contribution in [3.8, 4) is 0 Å². The monoisotopic (exact) mass is 187 g/mol. The van der Waals surface area contributed by atoms with Crippen molar-refractivity contribution in [1.82, 2.24) is 4.90 Å². The first-order valence-electron chi connectivity index (χ1n) is 4.30. The number of aliphatic carboxylic acids is 1. The standard InChI is InChI=1S/C8H13NO4/c10-5-6(8(12)13)9-4-2-1-3-7(9)11/h6,10H,1-5H2,(H,12,13). The SMILES string of the molecule is O=C(O)C(CO)N1CCCCC1=O. The van der Waals surface area contributed by atoms with Crippen molar-refractivity contribution in [3.05, 3.63) is 0 Å². The van der Waals surface area contributed by atoms with E-state index in [1.54, 1.807) is 0 Å². The zero-order valence-electron chi connectivity index (χ0n) is 7.27. The number of aliphatic hydroxyl groups excluding tert-OH is 1. The van der Waals surface area contributed by atoms with Gasteiger partial charge in [0.05, 0.1) is 6.61 Å². The highest BCUT2D eigenvalue weighted by Gasteiger charge is 2.30. The Kier molecular flexibility index (Phi) is 3.25. The maximum Gasteiger partial charge on any atom is 0.328 e. The Hall–Kier alpha value is -1.10.